The zero-order valence-electron chi connectivity index (χ0n) is 11.8. The van der Waals surface area contributed by atoms with E-state index in [2.05, 4.69) is 13.0 Å². The van der Waals surface area contributed by atoms with Crippen LogP contribution in [-0.4, -0.2) is 17.9 Å². The van der Waals surface area contributed by atoms with Gasteiger partial charge in [-0.05, 0) is 31.2 Å². The molecule has 0 unspecified atom stereocenters. The second-order valence-corrected chi connectivity index (χ2v) is 5.85. The van der Waals surface area contributed by atoms with Gasteiger partial charge in [0.05, 0.1) is 6.07 Å². The van der Waals surface area contributed by atoms with Crippen molar-refractivity contribution < 1.29 is 4.79 Å². The molecule has 1 aliphatic carbocycles. The van der Waals surface area contributed by atoms with Crippen molar-refractivity contribution in [2.45, 2.75) is 33.2 Å². The quantitative estimate of drug-likeness (QED) is 0.834. The molecule has 19 heavy (non-hydrogen) atoms. The van der Waals surface area contributed by atoms with Crippen LogP contribution in [0.3, 0.4) is 0 Å². The van der Waals surface area contributed by atoms with Crippen LogP contribution < -0.4 is 0 Å². The third-order valence-corrected chi connectivity index (χ3v) is 3.90. The monoisotopic (exact) mass is 256 g/mol. The van der Waals surface area contributed by atoms with Gasteiger partial charge in [-0.25, -0.2) is 0 Å². The highest BCUT2D eigenvalue weighted by molar-refractivity contribution is 5.86. The standard InChI is InChI=1S/C16H20N2O/c1-12-4-6-14(7-5-12)10-18(3)15(19)16(11-17)8-13(2)9-16/h4-7,13H,8-10H2,1-3H3. The summed E-state index contributed by atoms with van der Waals surface area (Å²) in [5.41, 5.74) is 1.54. The van der Waals surface area contributed by atoms with Gasteiger partial charge >= 0.3 is 0 Å². The first-order chi connectivity index (χ1) is 8.97. The molecule has 0 bridgehead atoms. The van der Waals surface area contributed by atoms with Crippen LogP contribution in [0.5, 0.6) is 0 Å². The SMILES string of the molecule is Cc1ccc(CN(C)C(=O)C2(C#N)CC(C)C2)cc1. The molecule has 1 aromatic rings. The number of nitrogens with zero attached hydrogens (tertiary/aromatic N) is 2. The number of rotatable bonds is 3. The Balaban J connectivity index is 2.04. The second kappa shape index (κ2) is 5.05. The molecule has 0 aliphatic heterocycles. The van der Waals surface area contributed by atoms with Gasteiger partial charge in [0, 0.05) is 13.6 Å². The zero-order valence-corrected chi connectivity index (χ0v) is 11.8. The Morgan fingerprint density at radius 3 is 2.47 bits per heavy atom. The highest BCUT2D eigenvalue weighted by atomic mass is 16.2. The lowest BCUT2D eigenvalue weighted by Gasteiger charge is -2.41. The van der Waals surface area contributed by atoms with Crippen molar-refractivity contribution >= 4 is 5.91 Å². The van der Waals surface area contributed by atoms with Crippen LogP contribution in [0.1, 0.15) is 30.9 Å². The molecule has 0 atom stereocenters. The van der Waals surface area contributed by atoms with Crippen molar-refractivity contribution in [1.82, 2.24) is 4.90 Å². The van der Waals surface area contributed by atoms with Crippen molar-refractivity contribution in [2.75, 3.05) is 7.05 Å². The molecule has 0 N–H and O–H groups in total. The van der Waals surface area contributed by atoms with E-state index in [0.717, 1.165) is 5.56 Å². The van der Waals surface area contributed by atoms with Gasteiger partial charge in [0.15, 0.2) is 0 Å². The molecule has 0 heterocycles. The summed E-state index contributed by atoms with van der Waals surface area (Å²) >= 11 is 0. The maximum Gasteiger partial charge on any atom is 0.243 e. The molecule has 0 aromatic heterocycles. The van der Waals surface area contributed by atoms with Crippen LogP contribution in [0, 0.1) is 29.6 Å². The van der Waals surface area contributed by atoms with E-state index in [9.17, 15) is 10.1 Å². The molecule has 0 spiro atoms. The van der Waals surface area contributed by atoms with Crippen LogP contribution in [0.4, 0.5) is 0 Å². The summed E-state index contributed by atoms with van der Waals surface area (Å²) in [6, 6.07) is 10.4. The van der Waals surface area contributed by atoms with E-state index in [4.69, 9.17) is 0 Å². The highest BCUT2D eigenvalue weighted by Crippen LogP contribution is 2.46. The van der Waals surface area contributed by atoms with Gasteiger partial charge in [0.1, 0.15) is 5.41 Å². The fraction of sp³-hybridized carbons (Fsp3) is 0.500. The molecule has 3 heteroatoms. The first-order valence-electron chi connectivity index (χ1n) is 6.69. The minimum Gasteiger partial charge on any atom is -0.340 e. The topological polar surface area (TPSA) is 44.1 Å². The van der Waals surface area contributed by atoms with Crippen molar-refractivity contribution in [3.05, 3.63) is 35.4 Å². The van der Waals surface area contributed by atoms with Crippen molar-refractivity contribution in [1.29, 1.82) is 5.26 Å². The molecule has 1 aromatic carbocycles. The van der Waals surface area contributed by atoms with Crippen molar-refractivity contribution in [3.8, 4) is 6.07 Å². The molecule has 1 amide bonds. The summed E-state index contributed by atoms with van der Waals surface area (Å²) < 4.78 is 0. The molecule has 0 radical (unpaired) electrons. The Kier molecular flexibility index (Phi) is 3.61. The number of hydrogen-bond acceptors (Lipinski definition) is 2. The first-order valence-corrected chi connectivity index (χ1v) is 6.69. The van der Waals surface area contributed by atoms with E-state index >= 15 is 0 Å². The average molecular weight is 256 g/mol. The average Bonchev–Trinajstić information content (AvgIpc) is 2.36. The maximum atomic E-state index is 12.4. The highest BCUT2D eigenvalue weighted by Gasteiger charge is 2.50. The smallest absolute Gasteiger partial charge is 0.243 e. The Hall–Kier alpha value is -1.82. The Bertz CT molecular complexity index is 507. The zero-order chi connectivity index (χ0) is 14.0. The van der Waals surface area contributed by atoms with E-state index in [1.165, 1.54) is 5.56 Å². The van der Waals surface area contributed by atoms with Gasteiger partial charge in [-0.2, -0.15) is 5.26 Å². The lowest BCUT2D eigenvalue weighted by atomic mass is 9.63. The molecule has 1 aliphatic rings. The fourth-order valence-corrected chi connectivity index (χ4v) is 2.85. The van der Waals surface area contributed by atoms with Gasteiger partial charge in [-0.3, -0.25) is 4.79 Å². The number of nitriles is 1. The Labute approximate surface area is 114 Å². The number of hydrogen-bond donors (Lipinski definition) is 0. The van der Waals surface area contributed by atoms with Crippen molar-refractivity contribution in [2.24, 2.45) is 11.3 Å². The van der Waals surface area contributed by atoms with Gasteiger partial charge in [0.2, 0.25) is 5.91 Å². The molecule has 0 saturated heterocycles. The summed E-state index contributed by atoms with van der Waals surface area (Å²) in [7, 11) is 1.78. The largest absolute Gasteiger partial charge is 0.340 e. The van der Waals surface area contributed by atoms with Gasteiger partial charge in [-0.1, -0.05) is 36.8 Å². The molecule has 1 fully saturated rings. The summed E-state index contributed by atoms with van der Waals surface area (Å²) in [4.78, 5) is 14.1. The van der Waals surface area contributed by atoms with Gasteiger partial charge in [0.25, 0.3) is 0 Å². The predicted octanol–water partition coefficient (Wildman–Crippen LogP) is 2.89. The van der Waals surface area contributed by atoms with Crippen LogP contribution in [-0.2, 0) is 11.3 Å². The van der Waals surface area contributed by atoms with Crippen LogP contribution in [0.2, 0.25) is 0 Å². The normalized spacial score (nSPS) is 25.3. The van der Waals surface area contributed by atoms with Crippen LogP contribution >= 0.6 is 0 Å². The third-order valence-electron chi connectivity index (χ3n) is 3.90. The molecular weight excluding hydrogens is 236 g/mol. The third kappa shape index (κ3) is 2.63. The van der Waals surface area contributed by atoms with Crippen molar-refractivity contribution in [3.63, 3.8) is 0 Å². The van der Waals surface area contributed by atoms with E-state index in [-0.39, 0.29) is 5.91 Å². The van der Waals surface area contributed by atoms with Crippen LogP contribution in [0.25, 0.3) is 0 Å². The van der Waals surface area contributed by atoms with Crippen LogP contribution in [0.15, 0.2) is 24.3 Å². The molecular formula is C16H20N2O. The Morgan fingerprint density at radius 1 is 1.42 bits per heavy atom. The van der Waals surface area contributed by atoms with Gasteiger partial charge < -0.3 is 4.90 Å². The minimum atomic E-state index is -0.765. The molecule has 100 valence electrons. The summed E-state index contributed by atoms with van der Waals surface area (Å²) in [5, 5.41) is 9.28. The summed E-state index contributed by atoms with van der Waals surface area (Å²) in [6.07, 6.45) is 1.39. The minimum absolute atomic E-state index is 0.0336. The lowest BCUT2D eigenvalue weighted by Crippen LogP contribution is -2.48. The fourth-order valence-electron chi connectivity index (χ4n) is 2.85. The number of aryl methyl sites for hydroxylation is 1. The van der Waals surface area contributed by atoms with E-state index < -0.39 is 5.41 Å². The van der Waals surface area contributed by atoms with E-state index in [1.807, 2.05) is 31.2 Å². The number of amides is 1. The number of carbonyl (C=O) groups is 1. The first kappa shape index (κ1) is 13.6. The summed E-state index contributed by atoms with van der Waals surface area (Å²) in [5.74, 6) is 0.449. The number of benzene rings is 1. The maximum absolute atomic E-state index is 12.4. The lowest BCUT2D eigenvalue weighted by molar-refractivity contribution is -0.144. The van der Waals surface area contributed by atoms with Gasteiger partial charge in [-0.15, -0.1) is 0 Å². The number of carbonyl (C=O) groups excluding carboxylic acids is 1. The summed E-state index contributed by atoms with van der Waals surface area (Å²) in [6.45, 7) is 4.69. The molecule has 1 saturated carbocycles. The van der Waals surface area contributed by atoms with E-state index in [1.54, 1.807) is 11.9 Å². The van der Waals surface area contributed by atoms with E-state index in [0.29, 0.717) is 25.3 Å². The second-order valence-electron chi connectivity index (χ2n) is 5.85. The molecule has 3 nitrogen and oxygen atoms in total. The predicted molar refractivity (Wildman–Crippen MR) is 74.1 cm³/mol. The molecule has 2 rings (SSSR count). The Morgan fingerprint density at radius 2 is 2.00 bits per heavy atom.